The molecule has 1 heterocycles. The van der Waals surface area contributed by atoms with Gasteiger partial charge in [0.2, 0.25) is 0 Å². The van der Waals surface area contributed by atoms with Gasteiger partial charge in [-0.25, -0.2) is 4.79 Å². The van der Waals surface area contributed by atoms with Crippen LogP contribution in [0.2, 0.25) is 0 Å². The van der Waals surface area contributed by atoms with Crippen molar-refractivity contribution in [2.24, 2.45) is 11.8 Å². The van der Waals surface area contributed by atoms with Crippen LogP contribution in [0.3, 0.4) is 0 Å². The molecular weight excluding hydrogens is 238 g/mol. The molecule has 0 radical (unpaired) electrons. The topological polar surface area (TPSA) is 40.5 Å². The molecule has 0 spiro atoms. The van der Waals surface area contributed by atoms with Gasteiger partial charge in [-0.2, -0.15) is 0 Å². The largest absolute Gasteiger partial charge is 0.478 e. The lowest BCUT2D eigenvalue weighted by Gasteiger charge is -2.33. The molecule has 2 aliphatic rings. The van der Waals surface area contributed by atoms with Gasteiger partial charge in [0.25, 0.3) is 0 Å². The third-order valence-corrected chi connectivity index (χ3v) is 4.41. The van der Waals surface area contributed by atoms with E-state index in [0.717, 1.165) is 30.5 Å². The smallest absolute Gasteiger partial charge is 0.335 e. The zero-order valence-electron chi connectivity index (χ0n) is 11.2. The number of likely N-dealkylation sites (tertiary alicyclic amines) is 1. The highest BCUT2D eigenvalue weighted by Gasteiger charge is 2.33. The number of carboxylic acid groups (broad SMARTS) is 1. The van der Waals surface area contributed by atoms with Gasteiger partial charge in [0.05, 0.1) is 5.56 Å². The highest BCUT2D eigenvalue weighted by Crippen LogP contribution is 2.41. The molecule has 1 N–H and O–H groups in total. The number of carboxylic acids is 1. The predicted molar refractivity (Wildman–Crippen MR) is 74.1 cm³/mol. The van der Waals surface area contributed by atoms with Crippen LogP contribution in [0.15, 0.2) is 24.3 Å². The highest BCUT2D eigenvalue weighted by molar-refractivity contribution is 5.87. The van der Waals surface area contributed by atoms with Gasteiger partial charge >= 0.3 is 5.97 Å². The fraction of sp³-hybridized carbons (Fsp3) is 0.562. The molecule has 1 aliphatic heterocycles. The molecule has 0 bridgehead atoms. The van der Waals surface area contributed by atoms with Crippen LogP contribution in [0.4, 0.5) is 0 Å². The van der Waals surface area contributed by atoms with Crippen molar-refractivity contribution in [1.29, 1.82) is 0 Å². The summed E-state index contributed by atoms with van der Waals surface area (Å²) < 4.78 is 0. The summed E-state index contributed by atoms with van der Waals surface area (Å²) in [6, 6.07) is 7.35. The Kier molecular flexibility index (Phi) is 3.56. The van der Waals surface area contributed by atoms with Crippen LogP contribution in [0.1, 0.15) is 41.6 Å². The lowest BCUT2D eigenvalue weighted by atomic mass is 9.93. The molecule has 1 aromatic carbocycles. The fourth-order valence-electron chi connectivity index (χ4n) is 3.25. The van der Waals surface area contributed by atoms with Crippen LogP contribution in [-0.2, 0) is 6.54 Å². The van der Waals surface area contributed by atoms with Crippen molar-refractivity contribution in [3.8, 4) is 0 Å². The van der Waals surface area contributed by atoms with Crippen molar-refractivity contribution >= 4 is 5.97 Å². The third-order valence-electron chi connectivity index (χ3n) is 4.41. The Morgan fingerprint density at radius 2 is 2.11 bits per heavy atom. The van der Waals surface area contributed by atoms with Gasteiger partial charge in [-0.3, -0.25) is 4.90 Å². The molecule has 1 atom stereocenters. The summed E-state index contributed by atoms with van der Waals surface area (Å²) >= 11 is 0. The number of rotatable bonds is 4. The minimum atomic E-state index is -0.837. The second-order valence-electron chi connectivity index (χ2n) is 5.98. The predicted octanol–water partition coefficient (Wildman–Crippen LogP) is 3.01. The van der Waals surface area contributed by atoms with Crippen molar-refractivity contribution in [3.63, 3.8) is 0 Å². The Bertz CT molecular complexity index is 468. The van der Waals surface area contributed by atoms with E-state index in [4.69, 9.17) is 5.11 Å². The fourth-order valence-corrected chi connectivity index (χ4v) is 3.25. The number of piperidine rings is 1. The number of benzene rings is 1. The van der Waals surface area contributed by atoms with Crippen molar-refractivity contribution in [3.05, 3.63) is 35.4 Å². The minimum absolute atomic E-state index is 0.397. The van der Waals surface area contributed by atoms with E-state index in [1.54, 1.807) is 6.07 Å². The summed E-state index contributed by atoms with van der Waals surface area (Å²) in [6.07, 6.45) is 5.52. The maximum Gasteiger partial charge on any atom is 0.335 e. The Morgan fingerprint density at radius 3 is 2.84 bits per heavy atom. The Labute approximate surface area is 114 Å². The minimum Gasteiger partial charge on any atom is -0.478 e. The van der Waals surface area contributed by atoms with Gasteiger partial charge in [-0.15, -0.1) is 0 Å². The van der Waals surface area contributed by atoms with E-state index in [2.05, 4.69) is 4.90 Å². The summed E-state index contributed by atoms with van der Waals surface area (Å²) in [5.41, 5.74) is 1.52. The molecular formula is C16H21NO2. The standard InChI is InChI=1S/C16H21NO2/c18-16(19)14-4-1-3-12(9-14)10-17-8-2-5-15(11-17)13-6-7-13/h1,3-4,9,13,15H,2,5-8,10-11H2,(H,18,19). The Balaban J connectivity index is 1.63. The van der Waals surface area contributed by atoms with E-state index in [1.807, 2.05) is 18.2 Å². The molecule has 19 heavy (non-hydrogen) atoms. The summed E-state index contributed by atoms with van der Waals surface area (Å²) in [6.45, 7) is 3.24. The first kappa shape index (κ1) is 12.7. The van der Waals surface area contributed by atoms with Crippen molar-refractivity contribution in [2.45, 2.75) is 32.2 Å². The quantitative estimate of drug-likeness (QED) is 0.903. The second-order valence-corrected chi connectivity index (χ2v) is 5.98. The molecule has 1 aliphatic carbocycles. The molecule has 1 unspecified atom stereocenters. The van der Waals surface area contributed by atoms with E-state index >= 15 is 0 Å². The zero-order chi connectivity index (χ0) is 13.2. The molecule has 2 fully saturated rings. The first-order valence-corrected chi connectivity index (χ1v) is 7.27. The maximum atomic E-state index is 11.0. The van der Waals surface area contributed by atoms with Crippen LogP contribution in [-0.4, -0.2) is 29.1 Å². The summed E-state index contributed by atoms with van der Waals surface area (Å²) in [7, 11) is 0. The Hall–Kier alpha value is -1.35. The summed E-state index contributed by atoms with van der Waals surface area (Å²) in [5, 5.41) is 9.02. The number of hydrogen-bond acceptors (Lipinski definition) is 2. The van der Waals surface area contributed by atoms with Gasteiger partial charge in [-0.1, -0.05) is 12.1 Å². The van der Waals surface area contributed by atoms with E-state index in [0.29, 0.717) is 5.56 Å². The van der Waals surface area contributed by atoms with Crippen LogP contribution in [0.25, 0.3) is 0 Å². The number of carbonyl (C=O) groups is 1. The lowest BCUT2D eigenvalue weighted by Crippen LogP contribution is -2.35. The molecule has 102 valence electrons. The van der Waals surface area contributed by atoms with E-state index in [-0.39, 0.29) is 0 Å². The van der Waals surface area contributed by atoms with Gasteiger partial charge in [-0.05, 0) is 61.8 Å². The van der Waals surface area contributed by atoms with Crippen LogP contribution in [0, 0.1) is 11.8 Å². The second kappa shape index (κ2) is 5.33. The molecule has 3 heteroatoms. The van der Waals surface area contributed by atoms with E-state index in [1.165, 1.54) is 32.2 Å². The Morgan fingerprint density at radius 1 is 1.26 bits per heavy atom. The van der Waals surface area contributed by atoms with E-state index < -0.39 is 5.97 Å². The molecule has 1 saturated carbocycles. The van der Waals surface area contributed by atoms with Gasteiger partial charge < -0.3 is 5.11 Å². The monoisotopic (exact) mass is 259 g/mol. The van der Waals surface area contributed by atoms with Crippen molar-refractivity contribution < 1.29 is 9.90 Å². The number of hydrogen-bond donors (Lipinski definition) is 1. The van der Waals surface area contributed by atoms with Gasteiger partial charge in [0.1, 0.15) is 0 Å². The first-order valence-electron chi connectivity index (χ1n) is 7.27. The summed E-state index contributed by atoms with van der Waals surface area (Å²) in [5.74, 6) is 1.03. The maximum absolute atomic E-state index is 11.0. The lowest BCUT2D eigenvalue weighted by molar-refractivity contribution is 0.0696. The molecule has 1 saturated heterocycles. The molecule has 3 rings (SSSR count). The SMILES string of the molecule is O=C(O)c1cccc(CN2CCCC(C3CC3)C2)c1. The highest BCUT2D eigenvalue weighted by atomic mass is 16.4. The average molecular weight is 259 g/mol. The van der Waals surface area contributed by atoms with Gasteiger partial charge in [0.15, 0.2) is 0 Å². The van der Waals surface area contributed by atoms with Crippen molar-refractivity contribution in [2.75, 3.05) is 13.1 Å². The zero-order valence-corrected chi connectivity index (χ0v) is 11.2. The molecule has 1 aromatic rings. The average Bonchev–Trinajstić information content (AvgIpc) is 3.23. The van der Waals surface area contributed by atoms with E-state index in [9.17, 15) is 4.79 Å². The van der Waals surface area contributed by atoms with Crippen LogP contribution >= 0.6 is 0 Å². The molecule has 3 nitrogen and oxygen atoms in total. The van der Waals surface area contributed by atoms with Gasteiger partial charge in [0, 0.05) is 13.1 Å². The number of aromatic carboxylic acids is 1. The summed E-state index contributed by atoms with van der Waals surface area (Å²) in [4.78, 5) is 13.5. The third kappa shape index (κ3) is 3.16. The number of nitrogens with zero attached hydrogens (tertiary/aromatic N) is 1. The first-order chi connectivity index (χ1) is 9.22. The molecule has 0 amide bonds. The normalized spacial score (nSPS) is 24.3. The van der Waals surface area contributed by atoms with Crippen LogP contribution in [0.5, 0.6) is 0 Å². The van der Waals surface area contributed by atoms with Crippen molar-refractivity contribution in [1.82, 2.24) is 4.90 Å². The van der Waals surface area contributed by atoms with Crippen LogP contribution < -0.4 is 0 Å². The molecule has 0 aromatic heterocycles.